The summed E-state index contributed by atoms with van der Waals surface area (Å²) >= 11 is 15.3. The number of nitro benzene ring substituents is 1. The van der Waals surface area contributed by atoms with Crippen molar-refractivity contribution in [3.05, 3.63) is 66.6 Å². The monoisotopic (exact) mass is 374 g/mol. The fourth-order valence-corrected chi connectivity index (χ4v) is 2.24. The van der Waals surface area contributed by atoms with Crippen LogP contribution in [0.3, 0.4) is 0 Å². The zero-order chi connectivity index (χ0) is 14.7. The van der Waals surface area contributed by atoms with E-state index in [1.54, 1.807) is 0 Å². The van der Waals surface area contributed by atoms with Gasteiger partial charge in [-0.25, -0.2) is 0 Å². The summed E-state index contributed by atoms with van der Waals surface area (Å²) in [5.74, 6) is 0. The van der Waals surface area contributed by atoms with Crippen molar-refractivity contribution in [3.63, 3.8) is 0 Å². The lowest BCUT2D eigenvalue weighted by molar-refractivity contribution is -0.384. The van der Waals surface area contributed by atoms with Gasteiger partial charge >= 0.3 is 0 Å². The standard InChI is InChI=1S/C13H9BrCl2N2O2/c14-10-3-1-8(5-12(10)16)7-17-13-6-9(18(19)20)2-4-11(13)15/h1-6,17H,7H2. The smallest absolute Gasteiger partial charge is 0.271 e. The Bertz CT molecular complexity index is 665. The number of benzene rings is 2. The molecular formula is C13H9BrCl2N2O2. The topological polar surface area (TPSA) is 55.2 Å². The van der Waals surface area contributed by atoms with E-state index in [0.717, 1.165) is 10.0 Å². The van der Waals surface area contributed by atoms with E-state index in [0.29, 0.717) is 22.3 Å². The molecule has 4 nitrogen and oxygen atoms in total. The third-order valence-corrected chi connectivity index (χ3v) is 4.19. The second kappa shape index (κ2) is 6.43. The number of nitro groups is 1. The van der Waals surface area contributed by atoms with Crippen molar-refractivity contribution < 1.29 is 4.92 Å². The maximum Gasteiger partial charge on any atom is 0.271 e. The Kier molecular flexibility index (Phi) is 4.86. The van der Waals surface area contributed by atoms with Gasteiger partial charge < -0.3 is 5.32 Å². The number of halogens is 3. The normalized spacial score (nSPS) is 10.3. The number of non-ortho nitro benzene ring substituents is 1. The summed E-state index contributed by atoms with van der Waals surface area (Å²) in [6, 6.07) is 9.82. The van der Waals surface area contributed by atoms with Crippen molar-refractivity contribution in [1.82, 2.24) is 0 Å². The van der Waals surface area contributed by atoms with Gasteiger partial charge in [0.15, 0.2) is 0 Å². The number of hydrogen-bond donors (Lipinski definition) is 1. The van der Waals surface area contributed by atoms with Crippen molar-refractivity contribution in [2.75, 3.05) is 5.32 Å². The van der Waals surface area contributed by atoms with E-state index in [1.807, 2.05) is 18.2 Å². The Morgan fingerprint density at radius 1 is 1.15 bits per heavy atom. The summed E-state index contributed by atoms with van der Waals surface area (Å²) in [6.45, 7) is 0.466. The zero-order valence-electron chi connectivity index (χ0n) is 10.1. The van der Waals surface area contributed by atoms with Gasteiger partial charge in [-0.05, 0) is 39.7 Å². The highest BCUT2D eigenvalue weighted by molar-refractivity contribution is 9.10. The molecule has 0 fully saturated rings. The van der Waals surface area contributed by atoms with E-state index in [9.17, 15) is 10.1 Å². The van der Waals surface area contributed by atoms with Gasteiger partial charge in [0.1, 0.15) is 0 Å². The maximum atomic E-state index is 10.7. The molecule has 0 saturated carbocycles. The molecule has 0 heterocycles. The fourth-order valence-electron chi connectivity index (χ4n) is 1.61. The molecule has 0 amide bonds. The largest absolute Gasteiger partial charge is 0.380 e. The van der Waals surface area contributed by atoms with E-state index < -0.39 is 4.92 Å². The maximum absolute atomic E-state index is 10.7. The minimum absolute atomic E-state index is 0.00858. The molecule has 0 aliphatic carbocycles. The first kappa shape index (κ1) is 15.1. The first-order valence-corrected chi connectivity index (χ1v) is 7.14. The van der Waals surface area contributed by atoms with Crippen LogP contribution >= 0.6 is 39.1 Å². The molecule has 2 aromatic carbocycles. The number of nitrogens with zero attached hydrogens (tertiary/aromatic N) is 1. The van der Waals surface area contributed by atoms with Crippen LogP contribution in [0.1, 0.15) is 5.56 Å². The van der Waals surface area contributed by atoms with Crippen LogP contribution in [-0.2, 0) is 6.54 Å². The Balaban J connectivity index is 2.15. The summed E-state index contributed by atoms with van der Waals surface area (Å²) in [5.41, 5.74) is 1.45. The van der Waals surface area contributed by atoms with Crippen LogP contribution in [0, 0.1) is 10.1 Å². The second-order valence-corrected chi connectivity index (χ2v) is 5.69. The highest BCUT2D eigenvalue weighted by atomic mass is 79.9. The van der Waals surface area contributed by atoms with Crippen molar-refractivity contribution in [3.8, 4) is 0 Å². The average molecular weight is 376 g/mol. The number of rotatable bonds is 4. The molecule has 0 radical (unpaired) electrons. The van der Waals surface area contributed by atoms with Gasteiger partial charge in [-0.15, -0.1) is 0 Å². The van der Waals surface area contributed by atoms with Crippen molar-refractivity contribution in [2.45, 2.75) is 6.54 Å². The molecule has 0 saturated heterocycles. The van der Waals surface area contributed by atoms with Gasteiger partial charge in [0, 0.05) is 23.2 Å². The van der Waals surface area contributed by atoms with E-state index >= 15 is 0 Å². The quantitative estimate of drug-likeness (QED) is 0.584. The predicted molar refractivity (Wildman–Crippen MR) is 84.6 cm³/mol. The van der Waals surface area contributed by atoms with Crippen molar-refractivity contribution in [1.29, 1.82) is 0 Å². The molecule has 2 rings (SSSR count). The molecule has 104 valence electrons. The molecule has 0 aromatic heterocycles. The molecule has 20 heavy (non-hydrogen) atoms. The summed E-state index contributed by atoms with van der Waals surface area (Å²) in [6.07, 6.45) is 0. The summed E-state index contributed by atoms with van der Waals surface area (Å²) in [5, 5.41) is 14.8. The van der Waals surface area contributed by atoms with Crippen LogP contribution in [0.2, 0.25) is 10.0 Å². The molecule has 7 heteroatoms. The van der Waals surface area contributed by atoms with Gasteiger partial charge in [0.05, 0.1) is 20.7 Å². The summed E-state index contributed by atoms with van der Waals surface area (Å²) < 4.78 is 0.816. The molecule has 0 aliphatic heterocycles. The summed E-state index contributed by atoms with van der Waals surface area (Å²) in [7, 11) is 0. The fraction of sp³-hybridized carbons (Fsp3) is 0.0769. The molecule has 0 atom stereocenters. The first-order valence-electron chi connectivity index (χ1n) is 5.59. The molecule has 0 bridgehead atoms. The van der Waals surface area contributed by atoms with Crippen LogP contribution in [0.4, 0.5) is 11.4 Å². The van der Waals surface area contributed by atoms with Crippen LogP contribution in [0.15, 0.2) is 40.9 Å². The molecule has 2 aromatic rings. The third-order valence-electron chi connectivity index (χ3n) is 2.63. The Morgan fingerprint density at radius 2 is 1.90 bits per heavy atom. The molecule has 1 N–H and O–H groups in total. The second-order valence-electron chi connectivity index (χ2n) is 4.02. The van der Waals surface area contributed by atoms with Gasteiger partial charge in [-0.2, -0.15) is 0 Å². The van der Waals surface area contributed by atoms with E-state index in [4.69, 9.17) is 23.2 Å². The SMILES string of the molecule is O=[N+]([O-])c1ccc(Cl)c(NCc2ccc(Br)c(Cl)c2)c1. The highest BCUT2D eigenvalue weighted by Crippen LogP contribution is 2.28. The van der Waals surface area contributed by atoms with Gasteiger partial charge in [0.25, 0.3) is 5.69 Å². The van der Waals surface area contributed by atoms with Crippen LogP contribution in [0.5, 0.6) is 0 Å². The van der Waals surface area contributed by atoms with E-state index in [2.05, 4.69) is 21.2 Å². The van der Waals surface area contributed by atoms with Gasteiger partial charge in [0.2, 0.25) is 0 Å². The number of nitrogens with one attached hydrogen (secondary N) is 1. The van der Waals surface area contributed by atoms with E-state index in [1.165, 1.54) is 18.2 Å². The Morgan fingerprint density at radius 3 is 2.55 bits per heavy atom. The molecule has 0 spiro atoms. The molecule has 0 unspecified atom stereocenters. The average Bonchev–Trinajstić information content (AvgIpc) is 2.41. The summed E-state index contributed by atoms with van der Waals surface area (Å²) in [4.78, 5) is 10.3. The third kappa shape index (κ3) is 3.62. The van der Waals surface area contributed by atoms with Crippen LogP contribution in [0.25, 0.3) is 0 Å². The van der Waals surface area contributed by atoms with Crippen molar-refractivity contribution >= 4 is 50.5 Å². The number of hydrogen-bond acceptors (Lipinski definition) is 3. The number of anilines is 1. The Hall–Kier alpha value is -1.30. The zero-order valence-corrected chi connectivity index (χ0v) is 13.2. The first-order chi connectivity index (χ1) is 9.47. The van der Waals surface area contributed by atoms with Crippen molar-refractivity contribution in [2.24, 2.45) is 0 Å². The predicted octanol–water partition coefficient (Wildman–Crippen LogP) is 5.28. The Labute approximate surface area is 134 Å². The van der Waals surface area contributed by atoms with Gasteiger partial charge in [-0.1, -0.05) is 29.3 Å². The van der Waals surface area contributed by atoms with Crippen LogP contribution in [-0.4, -0.2) is 4.92 Å². The van der Waals surface area contributed by atoms with E-state index in [-0.39, 0.29) is 5.69 Å². The lowest BCUT2D eigenvalue weighted by Crippen LogP contribution is -2.01. The minimum atomic E-state index is -0.460. The molecular weight excluding hydrogens is 367 g/mol. The highest BCUT2D eigenvalue weighted by Gasteiger charge is 2.09. The van der Waals surface area contributed by atoms with Crippen LogP contribution < -0.4 is 5.32 Å². The minimum Gasteiger partial charge on any atom is -0.380 e. The lowest BCUT2D eigenvalue weighted by Gasteiger charge is -2.09. The van der Waals surface area contributed by atoms with Gasteiger partial charge in [-0.3, -0.25) is 10.1 Å². The lowest BCUT2D eigenvalue weighted by atomic mass is 10.2. The molecule has 0 aliphatic rings.